The second kappa shape index (κ2) is 7.98. The van der Waals surface area contributed by atoms with E-state index in [4.69, 9.17) is 0 Å². The summed E-state index contributed by atoms with van der Waals surface area (Å²) >= 11 is 2.17. The van der Waals surface area contributed by atoms with Crippen molar-refractivity contribution in [2.75, 3.05) is 22.4 Å². The van der Waals surface area contributed by atoms with E-state index in [0.717, 1.165) is 26.1 Å². The minimum Gasteiger partial charge on any atom is -0.325 e. The maximum Gasteiger partial charge on any atom is 0.245 e. The van der Waals surface area contributed by atoms with Gasteiger partial charge in [-0.3, -0.25) is 9.10 Å². The molecule has 2 aromatic carbocycles. The number of halogens is 1. The van der Waals surface area contributed by atoms with Gasteiger partial charge in [-0.1, -0.05) is 19.1 Å². The standard InChI is InChI=1S/C17H19IN2O3S/c1-3-13-4-10-16(11-5-13)20(24(2,22)23)12-17(21)19-15-8-6-14(18)7-9-15/h4-11H,3,12H2,1-2H3,(H,19,21). The Labute approximate surface area is 156 Å². The molecule has 2 aromatic rings. The van der Waals surface area contributed by atoms with Gasteiger partial charge in [0.15, 0.2) is 0 Å². The molecule has 1 N–H and O–H groups in total. The molecule has 24 heavy (non-hydrogen) atoms. The molecule has 0 radical (unpaired) electrons. The molecule has 0 heterocycles. The zero-order valence-corrected chi connectivity index (χ0v) is 16.5. The van der Waals surface area contributed by atoms with Crippen LogP contribution in [0.25, 0.3) is 0 Å². The number of amides is 1. The molecule has 0 saturated carbocycles. The van der Waals surface area contributed by atoms with E-state index in [9.17, 15) is 13.2 Å². The van der Waals surface area contributed by atoms with Crippen LogP contribution in [0.3, 0.4) is 0 Å². The molecule has 0 aromatic heterocycles. The van der Waals surface area contributed by atoms with Crippen molar-refractivity contribution in [1.29, 1.82) is 0 Å². The van der Waals surface area contributed by atoms with Crippen LogP contribution < -0.4 is 9.62 Å². The number of hydrogen-bond donors (Lipinski definition) is 1. The third-order valence-corrected chi connectivity index (χ3v) is 5.31. The summed E-state index contributed by atoms with van der Waals surface area (Å²) in [4.78, 5) is 12.2. The lowest BCUT2D eigenvalue weighted by molar-refractivity contribution is -0.114. The van der Waals surface area contributed by atoms with E-state index in [2.05, 4.69) is 27.9 Å². The number of nitrogens with zero attached hydrogens (tertiary/aromatic N) is 1. The van der Waals surface area contributed by atoms with Crippen molar-refractivity contribution in [2.24, 2.45) is 0 Å². The molecule has 0 saturated heterocycles. The van der Waals surface area contributed by atoms with Gasteiger partial charge in [0.2, 0.25) is 15.9 Å². The Morgan fingerprint density at radius 1 is 1.08 bits per heavy atom. The Bertz CT molecular complexity index is 803. The van der Waals surface area contributed by atoms with E-state index >= 15 is 0 Å². The zero-order valence-electron chi connectivity index (χ0n) is 13.5. The highest BCUT2D eigenvalue weighted by Gasteiger charge is 2.20. The Morgan fingerprint density at radius 3 is 2.17 bits per heavy atom. The maximum atomic E-state index is 12.2. The number of carbonyl (C=O) groups excluding carboxylic acids is 1. The minimum atomic E-state index is -3.56. The van der Waals surface area contributed by atoms with E-state index in [1.54, 1.807) is 24.3 Å². The first-order valence-electron chi connectivity index (χ1n) is 7.41. The molecule has 7 heteroatoms. The van der Waals surface area contributed by atoms with Gasteiger partial charge in [0.1, 0.15) is 6.54 Å². The number of benzene rings is 2. The highest BCUT2D eigenvalue weighted by Crippen LogP contribution is 2.19. The molecule has 0 spiro atoms. The fourth-order valence-corrected chi connectivity index (χ4v) is 3.38. The molecule has 0 bridgehead atoms. The van der Waals surface area contributed by atoms with Crippen LogP contribution in [0, 0.1) is 3.57 Å². The first-order valence-corrected chi connectivity index (χ1v) is 10.3. The fourth-order valence-electron chi connectivity index (χ4n) is 2.16. The zero-order chi connectivity index (χ0) is 17.7. The number of sulfonamides is 1. The molecule has 0 fully saturated rings. The molecule has 0 aliphatic heterocycles. The lowest BCUT2D eigenvalue weighted by Gasteiger charge is -2.22. The van der Waals surface area contributed by atoms with Gasteiger partial charge in [-0.2, -0.15) is 0 Å². The van der Waals surface area contributed by atoms with Crippen molar-refractivity contribution in [3.63, 3.8) is 0 Å². The second-order valence-electron chi connectivity index (χ2n) is 5.34. The summed E-state index contributed by atoms with van der Waals surface area (Å²) in [6, 6.07) is 14.5. The van der Waals surface area contributed by atoms with Gasteiger partial charge in [0.05, 0.1) is 11.9 Å². The number of hydrogen-bond acceptors (Lipinski definition) is 3. The van der Waals surface area contributed by atoms with Gasteiger partial charge in [-0.15, -0.1) is 0 Å². The van der Waals surface area contributed by atoms with Crippen molar-refractivity contribution in [3.05, 3.63) is 57.7 Å². The molecule has 128 valence electrons. The molecule has 2 rings (SSSR count). The topological polar surface area (TPSA) is 66.5 Å². The summed E-state index contributed by atoms with van der Waals surface area (Å²) in [7, 11) is -3.56. The van der Waals surface area contributed by atoms with E-state index in [-0.39, 0.29) is 12.5 Å². The Kier molecular flexibility index (Phi) is 6.22. The quantitative estimate of drug-likeness (QED) is 0.676. The van der Waals surface area contributed by atoms with Gasteiger partial charge in [-0.05, 0) is 71.0 Å². The van der Waals surface area contributed by atoms with Gasteiger partial charge in [0.25, 0.3) is 0 Å². The Morgan fingerprint density at radius 2 is 1.67 bits per heavy atom. The van der Waals surface area contributed by atoms with Crippen LogP contribution in [-0.4, -0.2) is 27.1 Å². The molecule has 5 nitrogen and oxygen atoms in total. The van der Waals surface area contributed by atoms with Crippen LogP contribution in [0.1, 0.15) is 12.5 Å². The van der Waals surface area contributed by atoms with Crippen LogP contribution >= 0.6 is 22.6 Å². The SMILES string of the molecule is CCc1ccc(N(CC(=O)Nc2ccc(I)cc2)S(C)(=O)=O)cc1. The summed E-state index contributed by atoms with van der Waals surface area (Å²) in [5, 5.41) is 2.72. The molecular formula is C17H19IN2O3S. The average molecular weight is 458 g/mol. The summed E-state index contributed by atoms with van der Waals surface area (Å²) < 4.78 is 26.3. The van der Waals surface area contributed by atoms with Gasteiger partial charge in [-0.25, -0.2) is 8.42 Å². The predicted molar refractivity (Wildman–Crippen MR) is 106 cm³/mol. The molecule has 0 aliphatic carbocycles. The maximum absolute atomic E-state index is 12.2. The first kappa shape index (κ1) is 18.7. The summed E-state index contributed by atoms with van der Waals surface area (Å²) in [5.74, 6) is -0.388. The lowest BCUT2D eigenvalue weighted by atomic mass is 10.1. The summed E-state index contributed by atoms with van der Waals surface area (Å²) in [6.07, 6.45) is 1.96. The normalized spacial score (nSPS) is 11.1. The number of carbonyl (C=O) groups is 1. The first-order chi connectivity index (χ1) is 11.3. The molecule has 1 amide bonds. The van der Waals surface area contributed by atoms with Crippen molar-refractivity contribution >= 4 is 49.9 Å². The molecule has 0 aliphatic rings. The highest BCUT2D eigenvalue weighted by molar-refractivity contribution is 14.1. The van der Waals surface area contributed by atoms with Crippen molar-refractivity contribution < 1.29 is 13.2 Å². The van der Waals surface area contributed by atoms with Crippen molar-refractivity contribution in [2.45, 2.75) is 13.3 Å². The third-order valence-electron chi connectivity index (χ3n) is 3.45. The van der Waals surface area contributed by atoms with Crippen molar-refractivity contribution in [3.8, 4) is 0 Å². The average Bonchev–Trinajstić information content (AvgIpc) is 2.54. The summed E-state index contributed by atoms with van der Waals surface area (Å²) in [5.41, 5.74) is 2.22. The van der Waals surface area contributed by atoms with Crippen LogP contribution in [0.5, 0.6) is 0 Å². The van der Waals surface area contributed by atoms with Crippen LogP contribution in [0.15, 0.2) is 48.5 Å². The highest BCUT2D eigenvalue weighted by atomic mass is 127. The number of nitrogens with one attached hydrogen (secondary N) is 1. The van der Waals surface area contributed by atoms with Gasteiger partial charge < -0.3 is 5.32 Å². The van der Waals surface area contributed by atoms with Gasteiger partial charge in [0, 0.05) is 9.26 Å². The van der Waals surface area contributed by atoms with E-state index < -0.39 is 10.0 Å². The molecule has 0 atom stereocenters. The summed E-state index contributed by atoms with van der Waals surface area (Å²) in [6.45, 7) is 1.76. The third kappa shape index (κ3) is 5.20. The van der Waals surface area contributed by atoms with E-state index in [0.29, 0.717) is 11.4 Å². The smallest absolute Gasteiger partial charge is 0.245 e. The number of anilines is 2. The lowest BCUT2D eigenvalue weighted by Crippen LogP contribution is -2.37. The minimum absolute atomic E-state index is 0.268. The van der Waals surface area contributed by atoms with Crippen LogP contribution in [0.2, 0.25) is 0 Å². The molecule has 0 unspecified atom stereocenters. The monoisotopic (exact) mass is 458 g/mol. The van der Waals surface area contributed by atoms with Crippen LogP contribution in [-0.2, 0) is 21.2 Å². The number of aryl methyl sites for hydroxylation is 1. The fraction of sp³-hybridized carbons (Fsp3) is 0.235. The van der Waals surface area contributed by atoms with Crippen LogP contribution in [0.4, 0.5) is 11.4 Å². The largest absolute Gasteiger partial charge is 0.325 e. The van der Waals surface area contributed by atoms with E-state index in [1.165, 1.54) is 0 Å². The number of rotatable bonds is 6. The Balaban J connectivity index is 2.16. The van der Waals surface area contributed by atoms with E-state index in [1.807, 2.05) is 31.2 Å². The van der Waals surface area contributed by atoms with Gasteiger partial charge >= 0.3 is 0 Å². The molecular weight excluding hydrogens is 439 g/mol. The van der Waals surface area contributed by atoms with Crippen molar-refractivity contribution in [1.82, 2.24) is 0 Å². The second-order valence-corrected chi connectivity index (χ2v) is 8.50. The predicted octanol–water partition coefficient (Wildman–Crippen LogP) is 3.26. The Hall–Kier alpha value is -1.61.